The highest BCUT2D eigenvalue weighted by atomic mass is 32.2. The maximum absolute atomic E-state index is 12.8. The quantitative estimate of drug-likeness (QED) is 0.513. The summed E-state index contributed by atoms with van der Waals surface area (Å²) in [4.78, 5) is 19.1. The molecule has 32 heavy (non-hydrogen) atoms. The molecule has 0 saturated heterocycles. The summed E-state index contributed by atoms with van der Waals surface area (Å²) in [5.74, 6) is 1.75. The number of carbonyl (C=O) groups is 1. The lowest BCUT2D eigenvalue weighted by molar-refractivity contribution is -0.118. The van der Waals surface area contributed by atoms with Crippen molar-refractivity contribution in [2.75, 3.05) is 40.3 Å². The van der Waals surface area contributed by atoms with Crippen LogP contribution in [0, 0.1) is 0 Å². The highest BCUT2D eigenvalue weighted by molar-refractivity contribution is 7.89. The summed E-state index contributed by atoms with van der Waals surface area (Å²) >= 11 is 0. The number of nitrogens with zero attached hydrogens (tertiary/aromatic N) is 4. The van der Waals surface area contributed by atoms with Gasteiger partial charge in [0, 0.05) is 52.8 Å². The van der Waals surface area contributed by atoms with Gasteiger partial charge in [-0.15, -0.1) is 0 Å². The summed E-state index contributed by atoms with van der Waals surface area (Å²) in [7, 11) is 6.10. The number of benzene rings is 2. The van der Waals surface area contributed by atoms with Crippen LogP contribution >= 0.6 is 0 Å². The van der Waals surface area contributed by atoms with Crippen molar-refractivity contribution in [1.82, 2.24) is 13.9 Å². The van der Waals surface area contributed by atoms with Gasteiger partial charge in [0.05, 0.1) is 30.1 Å². The highest BCUT2D eigenvalue weighted by Gasteiger charge is 2.20. The van der Waals surface area contributed by atoms with Crippen molar-refractivity contribution in [3.63, 3.8) is 0 Å². The number of methoxy groups -OCH3 is 2. The molecular weight excluding hydrogens is 432 g/mol. The zero-order chi connectivity index (χ0) is 23.6. The fourth-order valence-electron chi connectivity index (χ4n) is 3.39. The van der Waals surface area contributed by atoms with E-state index < -0.39 is 10.0 Å². The molecule has 0 spiro atoms. The Hall–Kier alpha value is -3.11. The van der Waals surface area contributed by atoms with Gasteiger partial charge in [-0.05, 0) is 30.3 Å². The minimum Gasteiger partial charge on any atom is -0.493 e. The molecule has 1 heterocycles. The van der Waals surface area contributed by atoms with Crippen molar-refractivity contribution in [3.8, 4) is 11.5 Å². The second-order valence-electron chi connectivity index (χ2n) is 7.52. The number of rotatable bonds is 8. The Kier molecular flexibility index (Phi) is 6.75. The predicted octanol–water partition coefficient (Wildman–Crippen LogP) is 2.44. The van der Waals surface area contributed by atoms with Crippen molar-refractivity contribution >= 4 is 32.7 Å². The first-order valence-electron chi connectivity index (χ1n) is 9.96. The molecule has 0 atom stereocenters. The summed E-state index contributed by atoms with van der Waals surface area (Å²) in [5, 5.41) is 0. The van der Waals surface area contributed by atoms with E-state index in [-0.39, 0.29) is 17.2 Å². The maximum Gasteiger partial charge on any atom is 0.242 e. The van der Waals surface area contributed by atoms with Gasteiger partial charge in [-0.1, -0.05) is 0 Å². The normalized spacial score (nSPS) is 11.7. The maximum atomic E-state index is 12.8. The van der Waals surface area contributed by atoms with E-state index in [1.165, 1.54) is 18.4 Å². The van der Waals surface area contributed by atoms with Crippen LogP contribution in [0.2, 0.25) is 0 Å². The molecule has 0 unspecified atom stereocenters. The van der Waals surface area contributed by atoms with Crippen LogP contribution in [0.15, 0.2) is 41.3 Å². The summed E-state index contributed by atoms with van der Waals surface area (Å²) in [6.07, 6.45) is 0.655. The number of aryl methyl sites for hydroxylation is 2. The number of ether oxygens (including phenoxy) is 2. The summed E-state index contributed by atoms with van der Waals surface area (Å²) < 4.78 is 38.4. The molecule has 1 amide bonds. The van der Waals surface area contributed by atoms with Crippen LogP contribution in [0.5, 0.6) is 11.5 Å². The molecule has 1 aromatic heterocycles. The van der Waals surface area contributed by atoms with Crippen molar-refractivity contribution < 1.29 is 22.7 Å². The molecule has 0 aliphatic rings. The Morgan fingerprint density at radius 1 is 1.03 bits per heavy atom. The molecule has 0 aliphatic heterocycles. The van der Waals surface area contributed by atoms with Crippen LogP contribution in [0.3, 0.4) is 0 Å². The molecule has 3 aromatic rings. The summed E-state index contributed by atoms with van der Waals surface area (Å²) in [5.41, 5.74) is 2.07. The zero-order valence-corrected chi connectivity index (χ0v) is 19.9. The van der Waals surface area contributed by atoms with Crippen LogP contribution in [0.4, 0.5) is 5.69 Å². The molecule has 0 fully saturated rings. The highest BCUT2D eigenvalue weighted by Crippen LogP contribution is 2.31. The molecule has 10 heteroatoms. The first-order valence-corrected chi connectivity index (χ1v) is 11.4. The number of fused-ring (bicyclic) bond motifs is 1. The van der Waals surface area contributed by atoms with Crippen LogP contribution in [0.1, 0.15) is 12.2 Å². The second kappa shape index (κ2) is 9.17. The molecular formula is C22H28N4O5S. The molecule has 0 N–H and O–H groups in total. The number of hydrogen-bond acceptors (Lipinski definition) is 6. The van der Waals surface area contributed by atoms with Gasteiger partial charge in [0.25, 0.3) is 0 Å². The lowest BCUT2D eigenvalue weighted by Crippen LogP contribution is -2.26. The van der Waals surface area contributed by atoms with Crippen molar-refractivity contribution in [1.29, 1.82) is 0 Å². The van der Waals surface area contributed by atoms with Gasteiger partial charge < -0.3 is 18.9 Å². The van der Waals surface area contributed by atoms with E-state index in [1.807, 2.05) is 11.6 Å². The summed E-state index contributed by atoms with van der Waals surface area (Å²) in [6.45, 7) is 0. The van der Waals surface area contributed by atoms with Crippen LogP contribution in [-0.4, -0.2) is 63.5 Å². The van der Waals surface area contributed by atoms with Crippen molar-refractivity contribution in [2.24, 2.45) is 7.05 Å². The topological polar surface area (TPSA) is 94.0 Å². The van der Waals surface area contributed by atoms with Crippen molar-refractivity contribution in [2.45, 2.75) is 17.7 Å². The molecule has 2 aromatic carbocycles. The minimum atomic E-state index is -3.55. The minimum absolute atomic E-state index is 0.0832. The molecule has 0 radical (unpaired) electrons. The Bertz CT molecular complexity index is 1250. The monoisotopic (exact) mass is 460 g/mol. The molecule has 172 valence electrons. The number of anilines is 1. The Morgan fingerprint density at radius 3 is 2.34 bits per heavy atom. The van der Waals surface area contributed by atoms with Gasteiger partial charge in [-0.25, -0.2) is 17.7 Å². The van der Waals surface area contributed by atoms with Crippen LogP contribution in [-0.2, 0) is 28.3 Å². The Morgan fingerprint density at radius 2 is 1.72 bits per heavy atom. The predicted molar refractivity (Wildman–Crippen MR) is 123 cm³/mol. The van der Waals surface area contributed by atoms with E-state index >= 15 is 0 Å². The molecule has 9 nitrogen and oxygen atoms in total. The molecule has 0 aliphatic carbocycles. The van der Waals surface area contributed by atoms with E-state index in [0.29, 0.717) is 34.9 Å². The number of imidazole rings is 1. The largest absolute Gasteiger partial charge is 0.493 e. The lowest BCUT2D eigenvalue weighted by Gasteiger charge is -2.19. The zero-order valence-electron chi connectivity index (χ0n) is 19.1. The first-order chi connectivity index (χ1) is 15.1. The fraction of sp³-hybridized carbons (Fsp3) is 0.364. The van der Waals surface area contributed by atoms with Gasteiger partial charge in [0.2, 0.25) is 15.9 Å². The van der Waals surface area contributed by atoms with E-state index in [0.717, 1.165) is 5.52 Å². The van der Waals surface area contributed by atoms with E-state index in [2.05, 4.69) is 4.98 Å². The second-order valence-corrected chi connectivity index (χ2v) is 9.67. The third-order valence-electron chi connectivity index (χ3n) is 5.41. The first kappa shape index (κ1) is 23.6. The van der Waals surface area contributed by atoms with Gasteiger partial charge in [-0.2, -0.15) is 0 Å². The molecule has 0 saturated carbocycles. The van der Waals surface area contributed by atoms with Gasteiger partial charge in [0.1, 0.15) is 5.82 Å². The Balaban J connectivity index is 1.78. The van der Waals surface area contributed by atoms with Gasteiger partial charge in [0.15, 0.2) is 11.5 Å². The summed E-state index contributed by atoms with van der Waals surface area (Å²) in [6, 6.07) is 10.2. The van der Waals surface area contributed by atoms with E-state index in [4.69, 9.17) is 9.47 Å². The smallest absolute Gasteiger partial charge is 0.242 e. The standard InChI is InChI=1S/C22H28N4O5S/c1-24(2)32(28,29)16-8-9-18-17(14-16)23-21(26(18)4)11-12-22(27)25(3)15-7-10-19(30-5)20(13-15)31-6/h7-10,13-14H,11-12H2,1-6H3. The van der Waals surface area contributed by atoms with Gasteiger partial charge >= 0.3 is 0 Å². The third kappa shape index (κ3) is 4.42. The average molecular weight is 461 g/mol. The van der Waals surface area contributed by atoms with Crippen LogP contribution in [0.25, 0.3) is 11.0 Å². The van der Waals surface area contributed by atoms with Gasteiger partial charge in [-0.3, -0.25) is 4.79 Å². The number of sulfonamides is 1. The molecule has 0 bridgehead atoms. The number of carbonyl (C=O) groups excluding carboxylic acids is 1. The van der Waals surface area contributed by atoms with E-state index in [1.54, 1.807) is 62.6 Å². The SMILES string of the molecule is COc1ccc(N(C)C(=O)CCc2nc3cc(S(=O)(=O)N(C)C)ccc3n2C)cc1OC. The number of aromatic nitrogens is 2. The van der Waals surface area contributed by atoms with E-state index in [9.17, 15) is 13.2 Å². The average Bonchev–Trinajstić information content (AvgIpc) is 3.11. The van der Waals surface area contributed by atoms with Crippen molar-refractivity contribution in [3.05, 3.63) is 42.2 Å². The lowest BCUT2D eigenvalue weighted by atomic mass is 10.2. The number of hydrogen-bond donors (Lipinski definition) is 0. The Labute approximate surface area is 188 Å². The third-order valence-corrected chi connectivity index (χ3v) is 7.23. The molecule has 3 rings (SSSR count). The fourth-order valence-corrected chi connectivity index (χ4v) is 4.31. The van der Waals surface area contributed by atoms with Crippen LogP contribution < -0.4 is 14.4 Å². The number of amides is 1.